The van der Waals surface area contributed by atoms with Crippen LogP contribution in [0.5, 0.6) is 0 Å². The van der Waals surface area contributed by atoms with Gasteiger partial charge in [0, 0.05) is 38.4 Å². The molecule has 0 bridgehead atoms. The Morgan fingerprint density at radius 3 is 2.29 bits per heavy atom. The molecule has 0 N–H and O–H groups in total. The van der Waals surface area contributed by atoms with Gasteiger partial charge in [-0.05, 0) is 44.0 Å². The topological polar surface area (TPSA) is 90.9 Å². The number of amides is 2. The summed E-state index contributed by atoms with van der Waals surface area (Å²) >= 11 is 0. The summed E-state index contributed by atoms with van der Waals surface area (Å²) in [7, 11) is -3.55. The number of aryl methyl sites for hydroxylation is 1. The van der Waals surface area contributed by atoms with Gasteiger partial charge in [-0.15, -0.1) is 0 Å². The molecule has 31 heavy (non-hydrogen) atoms. The molecule has 2 aliphatic rings. The fraction of sp³-hybridized carbons (Fsp3) is 0.409. The van der Waals surface area contributed by atoms with E-state index in [1.165, 1.54) is 9.21 Å². The Morgan fingerprint density at radius 1 is 0.935 bits per heavy atom. The lowest BCUT2D eigenvalue weighted by Gasteiger charge is -2.41. The molecule has 2 aromatic rings. The van der Waals surface area contributed by atoms with E-state index in [4.69, 9.17) is 0 Å². The number of piperazine rings is 1. The van der Waals surface area contributed by atoms with E-state index in [9.17, 15) is 18.0 Å². The van der Waals surface area contributed by atoms with E-state index in [1.807, 2.05) is 19.1 Å². The molecule has 0 unspecified atom stereocenters. The predicted molar refractivity (Wildman–Crippen MR) is 114 cm³/mol. The van der Waals surface area contributed by atoms with Crippen LogP contribution in [0.4, 0.5) is 0 Å². The van der Waals surface area contributed by atoms with Gasteiger partial charge in [-0.25, -0.2) is 8.42 Å². The molecular weight excluding hydrogens is 416 g/mol. The first kappa shape index (κ1) is 21.5. The maximum Gasteiger partial charge on any atom is 0.312 e. The molecule has 1 aromatic heterocycles. The SMILES string of the molecule is Cc1ccc(S(=O)(=O)N2CCC(N3CCN(Cc4ccccn4)C(=O)C3=O)CC2)cc1. The molecule has 0 aliphatic carbocycles. The van der Waals surface area contributed by atoms with Crippen molar-refractivity contribution in [2.24, 2.45) is 0 Å². The first-order valence-electron chi connectivity index (χ1n) is 10.4. The zero-order chi connectivity index (χ0) is 22.0. The summed E-state index contributed by atoms with van der Waals surface area (Å²) in [6.45, 7) is 3.78. The Kier molecular flexibility index (Phi) is 6.06. The van der Waals surface area contributed by atoms with Crippen LogP contribution in [0.25, 0.3) is 0 Å². The standard InChI is InChI=1S/C22H26N4O4S/c1-17-5-7-20(8-6-17)31(29,30)25-12-9-19(10-13-25)26-15-14-24(21(27)22(26)28)16-18-4-2-3-11-23-18/h2-8,11,19H,9-10,12-16H2,1H3. The Bertz CT molecular complexity index is 1050. The Hall–Kier alpha value is -2.78. The second-order valence-corrected chi connectivity index (χ2v) is 9.93. The highest BCUT2D eigenvalue weighted by Crippen LogP contribution is 2.25. The first-order chi connectivity index (χ1) is 14.9. The summed E-state index contributed by atoms with van der Waals surface area (Å²) in [4.78, 5) is 33.0. The van der Waals surface area contributed by atoms with E-state index in [1.54, 1.807) is 41.4 Å². The number of piperidine rings is 1. The molecule has 2 amide bonds. The highest BCUT2D eigenvalue weighted by molar-refractivity contribution is 7.89. The number of carbonyl (C=O) groups excluding carboxylic acids is 2. The summed E-state index contributed by atoms with van der Waals surface area (Å²) in [5.41, 5.74) is 1.75. The molecule has 164 valence electrons. The van der Waals surface area contributed by atoms with Gasteiger partial charge in [0.05, 0.1) is 17.1 Å². The number of hydrogen-bond donors (Lipinski definition) is 0. The van der Waals surface area contributed by atoms with Crippen LogP contribution in [-0.2, 0) is 26.2 Å². The van der Waals surface area contributed by atoms with E-state index < -0.39 is 21.8 Å². The maximum atomic E-state index is 12.9. The quantitative estimate of drug-likeness (QED) is 0.653. The Morgan fingerprint density at radius 2 is 1.65 bits per heavy atom. The van der Waals surface area contributed by atoms with Crippen molar-refractivity contribution in [2.45, 2.75) is 37.2 Å². The molecule has 0 radical (unpaired) electrons. The van der Waals surface area contributed by atoms with Crippen LogP contribution >= 0.6 is 0 Å². The van der Waals surface area contributed by atoms with Crippen LogP contribution in [0.1, 0.15) is 24.1 Å². The van der Waals surface area contributed by atoms with E-state index in [-0.39, 0.29) is 10.9 Å². The molecule has 2 saturated heterocycles. The first-order valence-corrected chi connectivity index (χ1v) is 11.9. The van der Waals surface area contributed by atoms with Crippen molar-refractivity contribution in [1.29, 1.82) is 0 Å². The van der Waals surface area contributed by atoms with Crippen LogP contribution < -0.4 is 0 Å². The van der Waals surface area contributed by atoms with Gasteiger partial charge >= 0.3 is 11.8 Å². The lowest BCUT2D eigenvalue weighted by atomic mass is 10.0. The number of pyridine rings is 1. The summed E-state index contributed by atoms with van der Waals surface area (Å²) in [5.74, 6) is -1.03. The van der Waals surface area contributed by atoms with Gasteiger partial charge in [0.2, 0.25) is 10.0 Å². The molecule has 2 aliphatic heterocycles. The van der Waals surface area contributed by atoms with Gasteiger partial charge in [0.1, 0.15) is 0 Å². The third kappa shape index (κ3) is 4.47. The molecule has 0 saturated carbocycles. The highest BCUT2D eigenvalue weighted by Gasteiger charge is 2.39. The zero-order valence-electron chi connectivity index (χ0n) is 17.5. The second kappa shape index (κ2) is 8.76. The van der Waals surface area contributed by atoms with E-state index >= 15 is 0 Å². The third-order valence-electron chi connectivity index (χ3n) is 5.94. The van der Waals surface area contributed by atoms with Gasteiger partial charge < -0.3 is 9.80 Å². The number of nitrogens with zero attached hydrogens (tertiary/aromatic N) is 4. The second-order valence-electron chi connectivity index (χ2n) is 7.99. The molecule has 1 aromatic carbocycles. The van der Waals surface area contributed by atoms with Crippen molar-refractivity contribution in [3.63, 3.8) is 0 Å². The molecule has 3 heterocycles. The number of benzene rings is 1. The van der Waals surface area contributed by atoms with E-state index in [2.05, 4.69) is 4.98 Å². The maximum absolute atomic E-state index is 12.9. The van der Waals surface area contributed by atoms with Gasteiger partial charge in [-0.1, -0.05) is 23.8 Å². The minimum absolute atomic E-state index is 0.127. The molecule has 4 rings (SSSR count). The average molecular weight is 443 g/mol. The van der Waals surface area contributed by atoms with Gasteiger partial charge in [-0.3, -0.25) is 14.6 Å². The number of carbonyl (C=O) groups is 2. The number of rotatable bonds is 5. The molecule has 2 fully saturated rings. The predicted octanol–water partition coefficient (Wildman–Crippen LogP) is 1.41. The van der Waals surface area contributed by atoms with Crippen molar-refractivity contribution >= 4 is 21.8 Å². The summed E-state index contributed by atoms with van der Waals surface area (Å²) in [6, 6.07) is 12.2. The Labute approximate surface area is 182 Å². The zero-order valence-corrected chi connectivity index (χ0v) is 18.3. The van der Waals surface area contributed by atoms with Crippen molar-refractivity contribution in [3.8, 4) is 0 Å². The number of sulfonamides is 1. The number of aromatic nitrogens is 1. The van der Waals surface area contributed by atoms with Crippen molar-refractivity contribution in [3.05, 3.63) is 59.9 Å². The average Bonchev–Trinajstić information content (AvgIpc) is 2.78. The summed E-state index contributed by atoms with van der Waals surface area (Å²) < 4.78 is 27.3. The molecule has 0 spiro atoms. The third-order valence-corrected chi connectivity index (χ3v) is 7.86. The van der Waals surface area contributed by atoms with Crippen LogP contribution in [0, 0.1) is 6.92 Å². The fourth-order valence-corrected chi connectivity index (χ4v) is 5.60. The van der Waals surface area contributed by atoms with E-state index in [0.29, 0.717) is 45.6 Å². The lowest BCUT2D eigenvalue weighted by molar-refractivity contribution is -0.158. The van der Waals surface area contributed by atoms with Crippen LogP contribution in [0.15, 0.2) is 53.6 Å². The lowest BCUT2D eigenvalue weighted by Crippen LogP contribution is -2.59. The van der Waals surface area contributed by atoms with E-state index in [0.717, 1.165) is 11.3 Å². The minimum atomic E-state index is -3.55. The largest absolute Gasteiger partial charge is 0.330 e. The smallest absolute Gasteiger partial charge is 0.312 e. The molecule has 0 atom stereocenters. The summed E-state index contributed by atoms with van der Waals surface area (Å²) in [6.07, 6.45) is 2.70. The molecular formula is C22H26N4O4S. The van der Waals surface area contributed by atoms with Crippen molar-refractivity contribution in [1.82, 2.24) is 19.1 Å². The summed E-state index contributed by atoms with van der Waals surface area (Å²) in [5, 5.41) is 0. The normalized spacial score (nSPS) is 19.1. The van der Waals surface area contributed by atoms with Gasteiger partial charge in [0.15, 0.2) is 0 Å². The molecule has 8 nitrogen and oxygen atoms in total. The van der Waals surface area contributed by atoms with Crippen LogP contribution in [-0.4, -0.2) is 71.5 Å². The van der Waals surface area contributed by atoms with Crippen molar-refractivity contribution in [2.75, 3.05) is 26.2 Å². The van der Waals surface area contributed by atoms with Crippen molar-refractivity contribution < 1.29 is 18.0 Å². The highest BCUT2D eigenvalue weighted by atomic mass is 32.2. The number of hydrogen-bond acceptors (Lipinski definition) is 5. The van der Waals surface area contributed by atoms with Crippen LogP contribution in [0.2, 0.25) is 0 Å². The monoisotopic (exact) mass is 442 g/mol. The Balaban J connectivity index is 1.36. The van der Waals surface area contributed by atoms with Crippen LogP contribution in [0.3, 0.4) is 0 Å². The fourth-order valence-electron chi connectivity index (χ4n) is 4.13. The van der Waals surface area contributed by atoms with Gasteiger partial charge in [0.25, 0.3) is 0 Å². The molecule has 9 heteroatoms. The van der Waals surface area contributed by atoms with Gasteiger partial charge in [-0.2, -0.15) is 4.31 Å². The minimum Gasteiger partial charge on any atom is -0.330 e.